The molecular weight excluding hydrogens is 366 g/mol. The van der Waals surface area contributed by atoms with Gasteiger partial charge in [-0.3, -0.25) is 0 Å². The van der Waals surface area contributed by atoms with Crippen LogP contribution < -0.4 is 10.2 Å². The van der Waals surface area contributed by atoms with Crippen LogP contribution in [0.25, 0.3) is 11.3 Å². The van der Waals surface area contributed by atoms with Gasteiger partial charge < -0.3 is 15.0 Å². The lowest BCUT2D eigenvalue weighted by Gasteiger charge is -2.31. The highest BCUT2D eigenvalue weighted by molar-refractivity contribution is 7.88. The van der Waals surface area contributed by atoms with Crippen LogP contribution in [0.15, 0.2) is 36.5 Å². The predicted molar refractivity (Wildman–Crippen MR) is 106 cm³/mol. The molecule has 9 heteroatoms. The van der Waals surface area contributed by atoms with Gasteiger partial charge >= 0.3 is 0 Å². The summed E-state index contributed by atoms with van der Waals surface area (Å²) in [7, 11) is 0.797. The normalized spacial score (nSPS) is 18.3. The molecule has 1 fully saturated rings. The molecular formula is C18H25N5O3S. The summed E-state index contributed by atoms with van der Waals surface area (Å²) >= 11 is 0. The lowest BCUT2D eigenvalue weighted by molar-refractivity contribution is 0.00696. The van der Waals surface area contributed by atoms with Crippen molar-refractivity contribution in [2.75, 3.05) is 56.8 Å². The summed E-state index contributed by atoms with van der Waals surface area (Å²) in [5.41, 5.74) is 2.94. The van der Waals surface area contributed by atoms with Crippen LogP contribution in [-0.2, 0) is 14.8 Å². The van der Waals surface area contributed by atoms with E-state index in [-0.39, 0.29) is 6.10 Å². The third-order valence-electron chi connectivity index (χ3n) is 4.39. The fraction of sp³-hybridized carbons (Fsp3) is 0.444. The summed E-state index contributed by atoms with van der Waals surface area (Å²) in [5.74, 6) is 0.490. The molecule has 3 rings (SSSR count). The molecule has 1 aliphatic heterocycles. The molecule has 1 N–H and O–H groups in total. The number of hydrogen-bond donors (Lipinski definition) is 1. The largest absolute Gasteiger partial charge is 0.378 e. The number of morpholine rings is 1. The highest BCUT2D eigenvalue weighted by Crippen LogP contribution is 2.21. The van der Waals surface area contributed by atoms with Crippen LogP contribution in [0, 0.1) is 0 Å². The van der Waals surface area contributed by atoms with Crippen LogP contribution in [0.3, 0.4) is 0 Å². The Kier molecular flexibility index (Phi) is 5.93. The number of nitrogens with zero attached hydrogens (tertiary/aromatic N) is 4. The van der Waals surface area contributed by atoms with Gasteiger partial charge in [-0.2, -0.15) is 4.31 Å². The molecule has 0 aliphatic carbocycles. The molecule has 0 spiro atoms. The molecule has 1 atom stereocenters. The van der Waals surface area contributed by atoms with E-state index in [1.807, 2.05) is 49.3 Å². The van der Waals surface area contributed by atoms with Crippen LogP contribution >= 0.6 is 0 Å². The minimum atomic E-state index is -3.20. The summed E-state index contributed by atoms with van der Waals surface area (Å²) < 4.78 is 30.5. The molecule has 8 nitrogen and oxygen atoms in total. The van der Waals surface area contributed by atoms with E-state index in [1.165, 1.54) is 10.6 Å². The average Bonchev–Trinajstić information content (AvgIpc) is 2.66. The third-order valence-corrected chi connectivity index (χ3v) is 5.66. The minimum absolute atomic E-state index is 0.236. The van der Waals surface area contributed by atoms with Gasteiger partial charge in [0, 0.05) is 51.2 Å². The average molecular weight is 391 g/mol. The fourth-order valence-electron chi connectivity index (χ4n) is 2.86. The van der Waals surface area contributed by atoms with E-state index < -0.39 is 10.0 Å². The molecule has 2 heterocycles. The number of nitrogens with one attached hydrogen (secondary N) is 1. The lowest BCUT2D eigenvalue weighted by atomic mass is 10.1. The van der Waals surface area contributed by atoms with Crippen LogP contribution in [0.2, 0.25) is 0 Å². The maximum absolute atomic E-state index is 11.7. The molecule has 1 unspecified atom stereocenters. The van der Waals surface area contributed by atoms with Crippen molar-refractivity contribution in [3.63, 3.8) is 0 Å². The number of sulfonamides is 1. The first kappa shape index (κ1) is 19.5. The Hall–Kier alpha value is -2.23. The number of hydrogen-bond acceptors (Lipinski definition) is 7. The van der Waals surface area contributed by atoms with Gasteiger partial charge in [-0.05, 0) is 18.2 Å². The maximum Gasteiger partial charge on any atom is 0.223 e. The summed E-state index contributed by atoms with van der Waals surface area (Å²) in [6, 6.07) is 9.99. The monoisotopic (exact) mass is 391 g/mol. The van der Waals surface area contributed by atoms with E-state index in [0.717, 1.165) is 16.9 Å². The molecule has 1 aromatic carbocycles. The van der Waals surface area contributed by atoms with E-state index >= 15 is 0 Å². The Bertz CT molecular complexity index is 871. The van der Waals surface area contributed by atoms with Gasteiger partial charge in [-0.25, -0.2) is 18.4 Å². The Morgan fingerprint density at radius 2 is 2.00 bits per heavy atom. The zero-order valence-corrected chi connectivity index (χ0v) is 16.6. The van der Waals surface area contributed by atoms with Crippen molar-refractivity contribution < 1.29 is 13.2 Å². The quantitative estimate of drug-likeness (QED) is 0.794. The Balaban J connectivity index is 1.64. The lowest BCUT2D eigenvalue weighted by Crippen LogP contribution is -2.47. The van der Waals surface area contributed by atoms with Gasteiger partial charge in [0.15, 0.2) is 0 Å². The van der Waals surface area contributed by atoms with Crippen molar-refractivity contribution in [2.24, 2.45) is 0 Å². The number of benzene rings is 1. The van der Waals surface area contributed by atoms with Crippen molar-refractivity contribution in [2.45, 2.75) is 6.10 Å². The van der Waals surface area contributed by atoms with Crippen molar-refractivity contribution in [3.05, 3.63) is 36.5 Å². The summed E-state index contributed by atoms with van der Waals surface area (Å²) in [4.78, 5) is 10.8. The van der Waals surface area contributed by atoms with Crippen molar-refractivity contribution in [3.8, 4) is 11.3 Å². The molecule has 2 aromatic rings. The topological polar surface area (TPSA) is 87.7 Å². The first-order valence-corrected chi connectivity index (χ1v) is 10.6. The zero-order valence-electron chi connectivity index (χ0n) is 15.8. The molecule has 0 bridgehead atoms. The number of rotatable bonds is 6. The van der Waals surface area contributed by atoms with E-state index in [0.29, 0.717) is 32.2 Å². The van der Waals surface area contributed by atoms with E-state index in [1.54, 1.807) is 6.20 Å². The molecule has 1 aromatic heterocycles. The van der Waals surface area contributed by atoms with Crippen LogP contribution in [0.1, 0.15) is 0 Å². The third kappa shape index (κ3) is 5.15. The zero-order chi connectivity index (χ0) is 19.4. The molecule has 1 saturated heterocycles. The molecule has 0 saturated carbocycles. The second-order valence-electron chi connectivity index (χ2n) is 6.70. The van der Waals surface area contributed by atoms with Crippen LogP contribution in [0.4, 0.5) is 11.6 Å². The maximum atomic E-state index is 11.7. The fourth-order valence-corrected chi connectivity index (χ4v) is 3.70. The minimum Gasteiger partial charge on any atom is -0.378 e. The second kappa shape index (κ2) is 8.20. The van der Waals surface area contributed by atoms with Crippen molar-refractivity contribution in [1.82, 2.24) is 14.3 Å². The number of anilines is 2. The van der Waals surface area contributed by atoms with E-state index in [9.17, 15) is 8.42 Å². The summed E-state index contributed by atoms with van der Waals surface area (Å²) in [5, 5.41) is 3.15. The van der Waals surface area contributed by atoms with Crippen molar-refractivity contribution in [1.29, 1.82) is 0 Å². The van der Waals surface area contributed by atoms with E-state index in [4.69, 9.17) is 4.74 Å². The Morgan fingerprint density at radius 1 is 1.26 bits per heavy atom. The SMILES string of the molecule is CN(C)c1ccc(-c2ccnc(NCC3CN(S(C)(=O)=O)CCO3)n2)cc1. The Morgan fingerprint density at radius 3 is 2.67 bits per heavy atom. The van der Waals surface area contributed by atoms with E-state index in [2.05, 4.69) is 15.3 Å². The van der Waals surface area contributed by atoms with Crippen LogP contribution in [-0.4, -0.2) is 75.4 Å². The standard InChI is InChI=1S/C18H25N5O3S/c1-22(2)15-6-4-14(5-7-15)17-8-9-19-18(21-17)20-12-16-13-23(10-11-26-16)27(3,24)25/h4-9,16H,10-13H2,1-3H3,(H,19,20,21). The molecule has 1 aliphatic rings. The number of ether oxygens (including phenoxy) is 1. The van der Waals surface area contributed by atoms with Crippen LogP contribution in [0.5, 0.6) is 0 Å². The Labute approximate surface area is 160 Å². The van der Waals surface area contributed by atoms with Gasteiger partial charge in [-0.15, -0.1) is 0 Å². The highest BCUT2D eigenvalue weighted by atomic mass is 32.2. The van der Waals surface area contributed by atoms with Gasteiger partial charge in [0.2, 0.25) is 16.0 Å². The predicted octanol–water partition coefficient (Wildman–Crippen LogP) is 1.28. The number of aromatic nitrogens is 2. The molecule has 0 amide bonds. The highest BCUT2D eigenvalue weighted by Gasteiger charge is 2.26. The van der Waals surface area contributed by atoms with Gasteiger partial charge in [0.25, 0.3) is 0 Å². The molecule has 0 radical (unpaired) electrons. The second-order valence-corrected chi connectivity index (χ2v) is 8.68. The smallest absolute Gasteiger partial charge is 0.223 e. The first-order chi connectivity index (χ1) is 12.8. The van der Waals surface area contributed by atoms with Gasteiger partial charge in [0.05, 0.1) is 24.7 Å². The van der Waals surface area contributed by atoms with Gasteiger partial charge in [-0.1, -0.05) is 12.1 Å². The molecule has 146 valence electrons. The van der Waals surface area contributed by atoms with Crippen molar-refractivity contribution >= 4 is 21.7 Å². The summed E-state index contributed by atoms with van der Waals surface area (Å²) in [6.07, 6.45) is 2.69. The summed E-state index contributed by atoms with van der Waals surface area (Å²) in [6.45, 7) is 1.55. The van der Waals surface area contributed by atoms with Gasteiger partial charge in [0.1, 0.15) is 0 Å². The molecule has 27 heavy (non-hydrogen) atoms. The first-order valence-electron chi connectivity index (χ1n) is 8.74.